The molecule has 2 aromatic carbocycles. The van der Waals surface area contributed by atoms with Crippen LogP contribution in [0.2, 0.25) is 0 Å². The lowest BCUT2D eigenvalue weighted by Gasteiger charge is -2.25. The van der Waals surface area contributed by atoms with Gasteiger partial charge in [0.05, 0.1) is 0 Å². The van der Waals surface area contributed by atoms with Crippen molar-refractivity contribution in [2.75, 3.05) is 19.8 Å². The summed E-state index contributed by atoms with van der Waals surface area (Å²) in [6, 6.07) is 13.9. The van der Waals surface area contributed by atoms with Crippen molar-refractivity contribution < 1.29 is 23.9 Å². The van der Waals surface area contributed by atoms with E-state index in [2.05, 4.69) is 10.6 Å². The number of imide groups is 1. The Bertz CT molecular complexity index is 962. The molecule has 4 rings (SSSR count). The summed E-state index contributed by atoms with van der Waals surface area (Å²) in [6.45, 7) is 2.47. The maximum atomic E-state index is 13.0. The molecule has 29 heavy (non-hydrogen) atoms. The number of fused-ring (bicyclic) bond motifs is 1. The van der Waals surface area contributed by atoms with Gasteiger partial charge in [0.2, 0.25) is 5.91 Å². The van der Waals surface area contributed by atoms with Gasteiger partial charge in [-0.1, -0.05) is 36.4 Å². The number of urea groups is 1. The van der Waals surface area contributed by atoms with Crippen molar-refractivity contribution in [3.8, 4) is 11.5 Å². The predicted molar refractivity (Wildman–Crippen MR) is 103 cm³/mol. The van der Waals surface area contributed by atoms with Crippen LogP contribution >= 0.6 is 0 Å². The smallest absolute Gasteiger partial charge is 0.325 e. The molecule has 8 nitrogen and oxygen atoms in total. The summed E-state index contributed by atoms with van der Waals surface area (Å²) in [5.41, 5.74) is 0.207. The summed E-state index contributed by atoms with van der Waals surface area (Å²) in [6.07, 6.45) is 0. The van der Waals surface area contributed by atoms with Crippen LogP contribution in [-0.4, -0.2) is 42.5 Å². The molecule has 2 aliphatic heterocycles. The molecule has 8 heteroatoms. The van der Waals surface area contributed by atoms with Crippen LogP contribution < -0.4 is 20.1 Å². The second-order valence-electron chi connectivity index (χ2n) is 7.07. The molecular formula is C21H21N3O5. The summed E-state index contributed by atoms with van der Waals surface area (Å²) in [4.78, 5) is 38.6. The molecule has 2 N–H and O–H groups in total. The van der Waals surface area contributed by atoms with Gasteiger partial charge < -0.3 is 20.1 Å². The number of carbonyl (C=O) groups is 3. The first-order valence-corrected chi connectivity index (χ1v) is 9.32. The highest BCUT2D eigenvalue weighted by Gasteiger charge is 2.49. The van der Waals surface area contributed by atoms with E-state index in [4.69, 9.17) is 9.47 Å². The zero-order valence-corrected chi connectivity index (χ0v) is 15.9. The van der Waals surface area contributed by atoms with E-state index in [-0.39, 0.29) is 6.54 Å². The Morgan fingerprint density at radius 1 is 1.10 bits per heavy atom. The van der Waals surface area contributed by atoms with E-state index in [0.29, 0.717) is 36.8 Å². The lowest BCUT2D eigenvalue weighted by molar-refractivity contribution is -0.134. The highest BCUT2D eigenvalue weighted by molar-refractivity contribution is 6.09. The van der Waals surface area contributed by atoms with Gasteiger partial charge in [0.25, 0.3) is 5.91 Å². The van der Waals surface area contributed by atoms with Gasteiger partial charge in [-0.3, -0.25) is 14.5 Å². The Kier molecular flexibility index (Phi) is 4.84. The first-order chi connectivity index (χ1) is 14.0. The summed E-state index contributed by atoms with van der Waals surface area (Å²) in [5, 5.41) is 5.42. The van der Waals surface area contributed by atoms with E-state index in [1.165, 1.54) is 0 Å². The number of ether oxygens (including phenoxy) is 2. The third-order valence-electron chi connectivity index (χ3n) is 5.03. The van der Waals surface area contributed by atoms with Crippen molar-refractivity contribution in [1.82, 2.24) is 15.5 Å². The van der Waals surface area contributed by atoms with E-state index in [9.17, 15) is 14.4 Å². The first-order valence-electron chi connectivity index (χ1n) is 9.32. The van der Waals surface area contributed by atoms with Crippen molar-refractivity contribution in [2.24, 2.45) is 0 Å². The largest absolute Gasteiger partial charge is 0.486 e. The van der Waals surface area contributed by atoms with Crippen molar-refractivity contribution >= 4 is 17.8 Å². The van der Waals surface area contributed by atoms with Crippen LogP contribution in [0, 0.1) is 0 Å². The Labute approximate surface area is 167 Å². The highest BCUT2D eigenvalue weighted by atomic mass is 16.6. The molecule has 0 unspecified atom stereocenters. The van der Waals surface area contributed by atoms with Gasteiger partial charge in [-0.25, -0.2) is 4.79 Å². The maximum absolute atomic E-state index is 13.0. The second-order valence-corrected chi connectivity index (χ2v) is 7.07. The Hall–Kier alpha value is -3.55. The van der Waals surface area contributed by atoms with E-state index >= 15 is 0 Å². The van der Waals surface area contributed by atoms with Gasteiger partial charge in [-0.15, -0.1) is 0 Å². The molecule has 2 aromatic rings. The van der Waals surface area contributed by atoms with Crippen molar-refractivity contribution in [3.05, 3.63) is 59.7 Å². The molecule has 150 valence electrons. The number of amides is 4. The fourth-order valence-corrected chi connectivity index (χ4v) is 3.39. The second kappa shape index (κ2) is 7.46. The number of rotatable bonds is 5. The van der Waals surface area contributed by atoms with Crippen LogP contribution in [0.15, 0.2) is 48.5 Å². The van der Waals surface area contributed by atoms with Crippen molar-refractivity contribution in [3.63, 3.8) is 0 Å². The SMILES string of the molecule is C[C@]1(c2ccc3c(c2)OCCO3)NC(=O)N(CC(=O)NCc2ccccc2)C1=O. The summed E-state index contributed by atoms with van der Waals surface area (Å²) in [7, 11) is 0. The van der Waals surface area contributed by atoms with Gasteiger partial charge >= 0.3 is 6.03 Å². The fraction of sp³-hybridized carbons (Fsp3) is 0.286. The van der Waals surface area contributed by atoms with Crippen LogP contribution in [0.5, 0.6) is 11.5 Å². The minimum atomic E-state index is -1.29. The van der Waals surface area contributed by atoms with Crippen molar-refractivity contribution in [2.45, 2.75) is 19.0 Å². The summed E-state index contributed by atoms with van der Waals surface area (Å²) >= 11 is 0. The summed E-state index contributed by atoms with van der Waals surface area (Å²) in [5.74, 6) is 0.214. The van der Waals surface area contributed by atoms with Crippen LogP contribution in [0.25, 0.3) is 0 Å². The number of carbonyl (C=O) groups excluding carboxylic acids is 3. The molecule has 1 fully saturated rings. The number of hydrogen-bond acceptors (Lipinski definition) is 5. The molecule has 0 bridgehead atoms. The molecule has 0 aliphatic carbocycles. The molecule has 4 amide bonds. The van der Waals surface area contributed by atoms with Gasteiger partial charge in [0, 0.05) is 6.54 Å². The Morgan fingerprint density at radius 3 is 2.59 bits per heavy atom. The fourth-order valence-electron chi connectivity index (χ4n) is 3.39. The standard InChI is InChI=1S/C21H21N3O5/c1-21(15-7-8-16-17(11-15)29-10-9-28-16)19(26)24(20(27)23-21)13-18(25)22-12-14-5-3-2-4-6-14/h2-8,11H,9-10,12-13H2,1H3,(H,22,25)(H,23,27)/t21-/m1/s1. The third-order valence-corrected chi connectivity index (χ3v) is 5.03. The average Bonchev–Trinajstić information content (AvgIpc) is 2.96. The van der Waals surface area contributed by atoms with E-state index in [1.54, 1.807) is 25.1 Å². The lowest BCUT2D eigenvalue weighted by Crippen LogP contribution is -2.43. The molecule has 0 spiro atoms. The molecule has 1 atom stereocenters. The maximum Gasteiger partial charge on any atom is 0.325 e. The molecule has 0 saturated carbocycles. The minimum absolute atomic E-state index is 0.322. The van der Waals surface area contributed by atoms with Gasteiger partial charge in [-0.05, 0) is 30.2 Å². The number of nitrogens with zero attached hydrogens (tertiary/aromatic N) is 1. The molecule has 2 heterocycles. The zero-order valence-electron chi connectivity index (χ0n) is 15.9. The van der Waals surface area contributed by atoms with Gasteiger partial charge in [0.1, 0.15) is 25.3 Å². The Morgan fingerprint density at radius 2 is 1.83 bits per heavy atom. The van der Waals surface area contributed by atoms with Crippen molar-refractivity contribution in [1.29, 1.82) is 0 Å². The minimum Gasteiger partial charge on any atom is -0.486 e. The van der Waals surface area contributed by atoms with Crippen LogP contribution in [0.1, 0.15) is 18.1 Å². The predicted octanol–water partition coefficient (Wildman–Crippen LogP) is 1.54. The molecule has 1 saturated heterocycles. The zero-order chi connectivity index (χ0) is 20.4. The number of benzene rings is 2. The van der Waals surface area contributed by atoms with Crippen LogP contribution in [0.4, 0.5) is 4.79 Å². The van der Waals surface area contributed by atoms with E-state index in [1.807, 2.05) is 30.3 Å². The number of hydrogen-bond donors (Lipinski definition) is 2. The molecule has 0 radical (unpaired) electrons. The topological polar surface area (TPSA) is 97.0 Å². The number of nitrogens with one attached hydrogen (secondary N) is 2. The molecule has 2 aliphatic rings. The van der Waals surface area contributed by atoms with Crippen LogP contribution in [-0.2, 0) is 21.7 Å². The first kappa shape index (κ1) is 18.8. The normalized spacial score (nSPS) is 20.4. The lowest BCUT2D eigenvalue weighted by atomic mass is 9.91. The average molecular weight is 395 g/mol. The van der Waals surface area contributed by atoms with E-state index < -0.39 is 23.4 Å². The molecule has 0 aromatic heterocycles. The van der Waals surface area contributed by atoms with Gasteiger partial charge in [0.15, 0.2) is 11.5 Å². The quantitative estimate of drug-likeness (QED) is 0.749. The highest BCUT2D eigenvalue weighted by Crippen LogP contribution is 2.36. The molecular weight excluding hydrogens is 374 g/mol. The monoisotopic (exact) mass is 395 g/mol. The van der Waals surface area contributed by atoms with E-state index in [0.717, 1.165) is 10.5 Å². The Balaban J connectivity index is 1.46. The van der Waals surface area contributed by atoms with Gasteiger partial charge in [-0.2, -0.15) is 0 Å². The third kappa shape index (κ3) is 3.61. The van der Waals surface area contributed by atoms with Crippen LogP contribution in [0.3, 0.4) is 0 Å². The summed E-state index contributed by atoms with van der Waals surface area (Å²) < 4.78 is 11.1.